The highest BCUT2D eigenvalue weighted by Crippen LogP contribution is 2.16. The molecule has 2 N–H and O–H groups in total. The Morgan fingerprint density at radius 2 is 2.00 bits per heavy atom. The Morgan fingerprint density at radius 3 is 2.27 bits per heavy atom. The molecule has 0 aliphatic carbocycles. The molecule has 1 heterocycles. The lowest BCUT2D eigenvalue weighted by atomic mass is 10.2. The van der Waals surface area contributed by atoms with Gasteiger partial charge in [0, 0.05) is 6.42 Å². The molecule has 1 rings (SSSR count). The fourth-order valence-electron chi connectivity index (χ4n) is 0.805. The standard InChI is InChI=1S/C7H12O2.C3H5F2N/c1-2-3-4-5-6-7(8)9;4-3(5)1-6-2-3/h3-4H,2,5-6H2,1H3,(H,8,9);6H,1-2H2. The van der Waals surface area contributed by atoms with Crippen LogP contribution >= 0.6 is 0 Å². The molecule has 0 spiro atoms. The molecule has 0 aromatic rings. The van der Waals surface area contributed by atoms with Gasteiger partial charge in [0.2, 0.25) is 0 Å². The van der Waals surface area contributed by atoms with Crippen LogP contribution in [0.5, 0.6) is 0 Å². The normalized spacial score (nSPS) is 17.8. The quantitative estimate of drug-likeness (QED) is 0.714. The van der Waals surface area contributed by atoms with Crippen LogP contribution in [0, 0.1) is 0 Å². The summed E-state index contributed by atoms with van der Waals surface area (Å²) in [6, 6.07) is 0. The molecule has 88 valence electrons. The highest BCUT2D eigenvalue weighted by Gasteiger charge is 2.36. The summed E-state index contributed by atoms with van der Waals surface area (Å²) >= 11 is 0. The van der Waals surface area contributed by atoms with Crippen molar-refractivity contribution >= 4 is 5.97 Å². The third-order valence-electron chi connectivity index (χ3n) is 1.69. The Balaban J connectivity index is 0.000000280. The zero-order valence-electron chi connectivity index (χ0n) is 8.80. The van der Waals surface area contributed by atoms with Crippen molar-refractivity contribution in [1.82, 2.24) is 5.32 Å². The molecule has 0 saturated carbocycles. The second kappa shape index (κ2) is 7.34. The number of nitrogens with one attached hydrogen (secondary N) is 1. The number of carboxylic acids is 1. The number of carboxylic acid groups (broad SMARTS) is 1. The molecule has 0 aromatic carbocycles. The SMILES string of the molecule is CCC=CCCC(=O)O.FC1(F)CNC1. The zero-order chi connectivity index (χ0) is 11.7. The maximum atomic E-state index is 11.5. The van der Waals surface area contributed by atoms with E-state index in [2.05, 4.69) is 5.32 Å². The molecule has 1 aliphatic rings. The smallest absolute Gasteiger partial charge is 0.303 e. The first kappa shape index (κ1) is 14.0. The van der Waals surface area contributed by atoms with Crippen molar-refractivity contribution in [2.75, 3.05) is 13.1 Å². The minimum atomic E-state index is -2.39. The summed E-state index contributed by atoms with van der Waals surface area (Å²) in [4.78, 5) is 9.93. The first-order chi connectivity index (χ1) is 6.98. The van der Waals surface area contributed by atoms with E-state index in [-0.39, 0.29) is 19.5 Å². The molecular weight excluding hydrogens is 204 g/mol. The van der Waals surface area contributed by atoms with Gasteiger partial charge in [-0.1, -0.05) is 19.1 Å². The summed E-state index contributed by atoms with van der Waals surface area (Å²) in [6.45, 7) is 1.76. The molecule has 0 aromatic heterocycles. The molecule has 1 saturated heterocycles. The third-order valence-corrected chi connectivity index (χ3v) is 1.69. The summed E-state index contributed by atoms with van der Waals surface area (Å²) in [5.74, 6) is -3.12. The second-order valence-electron chi connectivity index (χ2n) is 3.27. The maximum Gasteiger partial charge on any atom is 0.303 e. The van der Waals surface area contributed by atoms with E-state index in [0.717, 1.165) is 6.42 Å². The minimum absolute atomic E-state index is 0.132. The van der Waals surface area contributed by atoms with E-state index in [1.807, 2.05) is 19.1 Å². The van der Waals surface area contributed by atoms with Crippen LogP contribution in [0.25, 0.3) is 0 Å². The highest BCUT2D eigenvalue weighted by molar-refractivity contribution is 5.66. The van der Waals surface area contributed by atoms with Crippen LogP contribution in [0.4, 0.5) is 8.78 Å². The molecule has 0 atom stereocenters. The predicted octanol–water partition coefficient (Wildman–Crippen LogP) is 2.04. The number of alkyl halides is 2. The average molecular weight is 221 g/mol. The molecule has 15 heavy (non-hydrogen) atoms. The van der Waals surface area contributed by atoms with Gasteiger partial charge in [0.15, 0.2) is 0 Å². The van der Waals surface area contributed by atoms with E-state index in [0.29, 0.717) is 6.42 Å². The lowest BCUT2D eigenvalue weighted by Gasteiger charge is -2.25. The number of rotatable bonds is 4. The van der Waals surface area contributed by atoms with Gasteiger partial charge in [0.05, 0.1) is 13.1 Å². The maximum absolute atomic E-state index is 11.5. The Bertz CT molecular complexity index is 211. The summed E-state index contributed by atoms with van der Waals surface area (Å²) in [6.07, 6.45) is 5.76. The Morgan fingerprint density at radius 1 is 1.47 bits per heavy atom. The molecule has 1 fully saturated rings. The molecule has 3 nitrogen and oxygen atoms in total. The van der Waals surface area contributed by atoms with Gasteiger partial charge in [-0.05, 0) is 12.8 Å². The first-order valence-electron chi connectivity index (χ1n) is 4.93. The minimum Gasteiger partial charge on any atom is -0.481 e. The van der Waals surface area contributed by atoms with Gasteiger partial charge in [-0.2, -0.15) is 0 Å². The van der Waals surface area contributed by atoms with Crippen molar-refractivity contribution in [3.8, 4) is 0 Å². The zero-order valence-corrected chi connectivity index (χ0v) is 8.80. The largest absolute Gasteiger partial charge is 0.481 e. The van der Waals surface area contributed by atoms with Gasteiger partial charge in [0.1, 0.15) is 0 Å². The average Bonchev–Trinajstić information content (AvgIpc) is 2.11. The number of hydrogen-bond acceptors (Lipinski definition) is 2. The van der Waals surface area contributed by atoms with Gasteiger partial charge in [-0.15, -0.1) is 0 Å². The fraction of sp³-hybridized carbons (Fsp3) is 0.700. The predicted molar refractivity (Wildman–Crippen MR) is 54.1 cm³/mol. The number of hydrogen-bond donors (Lipinski definition) is 2. The van der Waals surface area contributed by atoms with Crippen LogP contribution in [0.15, 0.2) is 12.2 Å². The number of carbonyl (C=O) groups is 1. The van der Waals surface area contributed by atoms with Crippen molar-refractivity contribution in [3.63, 3.8) is 0 Å². The van der Waals surface area contributed by atoms with E-state index < -0.39 is 11.9 Å². The molecule has 0 unspecified atom stereocenters. The number of allylic oxidation sites excluding steroid dienone is 2. The Kier molecular flexibility index (Phi) is 6.86. The summed E-state index contributed by atoms with van der Waals surface area (Å²) in [7, 11) is 0. The van der Waals surface area contributed by atoms with Gasteiger partial charge >= 0.3 is 5.97 Å². The third kappa shape index (κ3) is 9.34. The van der Waals surface area contributed by atoms with Crippen molar-refractivity contribution in [1.29, 1.82) is 0 Å². The molecule has 0 bridgehead atoms. The summed E-state index contributed by atoms with van der Waals surface area (Å²) < 4.78 is 23.0. The highest BCUT2D eigenvalue weighted by atomic mass is 19.3. The van der Waals surface area contributed by atoms with Crippen molar-refractivity contribution in [2.45, 2.75) is 32.1 Å². The molecule has 5 heteroatoms. The van der Waals surface area contributed by atoms with E-state index in [9.17, 15) is 13.6 Å². The lowest BCUT2D eigenvalue weighted by Crippen LogP contribution is -2.52. The van der Waals surface area contributed by atoms with Crippen LogP contribution in [0.2, 0.25) is 0 Å². The van der Waals surface area contributed by atoms with Crippen LogP contribution < -0.4 is 5.32 Å². The van der Waals surface area contributed by atoms with Crippen LogP contribution in [0.1, 0.15) is 26.2 Å². The topological polar surface area (TPSA) is 49.3 Å². The first-order valence-corrected chi connectivity index (χ1v) is 4.93. The van der Waals surface area contributed by atoms with Crippen LogP contribution in [0.3, 0.4) is 0 Å². The van der Waals surface area contributed by atoms with E-state index in [1.165, 1.54) is 0 Å². The monoisotopic (exact) mass is 221 g/mol. The molecule has 0 amide bonds. The van der Waals surface area contributed by atoms with Gasteiger partial charge in [-0.3, -0.25) is 4.79 Å². The van der Waals surface area contributed by atoms with Crippen LogP contribution in [-0.2, 0) is 4.79 Å². The lowest BCUT2D eigenvalue weighted by molar-refractivity contribution is -0.136. The second-order valence-corrected chi connectivity index (χ2v) is 3.27. The van der Waals surface area contributed by atoms with Crippen molar-refractivity contribution in [2.24, 2.45) is 0 Å². The molecule has 1 aliphatic heterocycles. The van der Waals surface area contributed by atoms with Crippen molar-refractivity contribution in [3.05, 3.63) is 12.2 Å². The number of aliphatic carboxylic acids is 1. The van der Waals surface area contributed by atoms with E-state index in [4.69, 9.17) is 5.11 Å². The Hall–Kier alpha value is -0.970. The Labute approximate surface area is 88.2 Å². The van der Waals surface area contributed by atoms with Crippen LogP contribution in [-0.4, -0.2) is 30.1 Å². The van der Waals surface area contributed by atoms with Gasteiger partial charge in [-0.25, -0.2) is 8.78 Å². The van der Waals surface area contributed by atoms with Gasteiger partial charge < -0.3 is 10.4 Å². The van der Waals surface area contributed by atoms with Gasteiger partial charge in [0.25, 0.3) is 5.92 Å². The molecular formula is C10H17F2NO2. The van der Waals surface area contributed by atoms with E-state index in [1.54, 1.807) is 0 Å². The van der Waals surface area contributed by atoms with E-state index >= 15 is 0 Å². The summed E-state index contributed by atoms with van der Waals surface area (Å²) in [5.41, 5.74) is 0. The summed E-state index contributed by atoms with van der Waals surface area (Å²) in [5, 5.41) is 10.6. The number of halogens is 2. The van der Waals surface area contributed by atoms with Crippen molar-refractivity contribution < 1.29 is 18.7 Å². The fourth-order valence-corrected chi connectivity index (χ4v) is 0.805. The molecule has 0 radical (unpaired) electrons.